The minimum absolute atomic E-state index is 0.250. The van der Waals surface area contributed by atoms with Gasteiger partial charge in [-0.1, -0.05) is 73.2 Å². The fourth-order valence-corrected chi connectivity index (χ4v) is 3.13. The molecule has 0 aliphatic rings. The molecule has 2 aromatic rings. The van der Waals surface area contributed by atoms with Crippen LogP contribution in [0.25, 0.3) is 10.8 Å². The number of unbranched alkanes of at least 4 members (excludes halogenated alkanes) is 4. The van der Waals surface area contributed by atoms with Gasteiger partial charge in [0.25, 0.3) is 0 Å². The summed E-state index contributed by atoms with van der Waals surface area (Å²) in [6.45, 7) is 2.25. The van der Waals surface area contributed by atoms with Crippen molar-refractivity contribution in [2.75, 3.05) is 0 Å². The number of nitrogens with two attached hydrogens (primary N) is 1. The monoisotopic (exact) mass is 348 g/mol. The molecule has 2 nitrogen and oxygen atoms in total. The van der Waals surface area contributed by atoms with Crippen molar-refractivity contribution in [3.05, 3.63) is 46.4 Å². The number of hydrogen-bond donors (Lipinski definition) is 2. The van der Waals surface area contributed by atoms with Crippen molar-refractivity contribution in [2.45, 2.75) is 51.5 Å². The molecule has 114 valence electrons. The molecule has 3 N–H and O–H groups in total. The van der Waals surface area contributed by atoms with Gasteiger partial charge in [-0.2, -0.15) is 0 Å². The van der Waals surface area contributed by atoms with Gasteiger partial charge in [0.05, 0.1) is 0 Å². The number of hydrogen-bond acceptors (Lipinski definition) is 2. The normalized spacial score (nSPS) is 12.7. The van der Waals surface area contributed by atoms with Crippen LogP contribution in [0, 0.1) is 0 Å². The number of halogens is 1. The lowest BCUT2D eigenvalue weighted by Crippen LogP contribution is -2.27. The van der Waals surface area contributed by atoms with E-state index in [9.17, 15) is 0 Å². The fourth-order valence-electron chi connectivity index (χ4n) is 2.75. The Morgan fingerprint density at radius 2 is 1.71 bits per heavy atom. The molecule has 1 atom stereocenters. The second-order valence-electron chi connectivity index (χ2n) is 5.67. The smallest absolute Gasteiger partial charge is 0.0460 e. The van der Waals surface area contributed by atoms with Gasteiger partial charge in [0, 0.05) is 10.5 Å². The summed E-state index contributed by atoms with van der Waals surface area (Å²) in [7, 11) is 0. The van der Waals surface area contributed by atoms with Crippen molar-refractivity contribution in [3.8, 4) is 0 Å². The van der Waals surface area contributed by atoms with Crippen LogP contribution in [0.15, 0.2) is 40.9 Å². The summed E-state index contributed by atoms with van der Waals surface area (Å²) in [5.41, 5.74) is 4.26. The van der Waals surface area contributed by atoms with E-state index >= 15 is 0 Å². The number of rotatable bonds is 8. The van der Waals surface area contributed by atoms with Gasteiger partial charge < -0.3 is 0 Å². The van der Waals surface area contributed by atoms with Gasteiger partial charge in [-0.3, -0.25) is 11.3 Å². The first-order chi connectivity index (χ1) is 10.2. The van der Waals surface area contributed by atoms with Crippen LogP contribution in [0.1, 0.15) is 57.1 Å². The Morgan fingerprint density at radius 3 is 2.48 bits per heavy atom. The minimum atomic E-state index is 0.250. The standard InChI is InChI=1S/C18H25BrN2/c1-2-3-4-5-6-7-18(21-20)16-9-8-15-13-17(19)11-10-14(15)12-16/h8-13,18,21H,2-7,20H2,1H3. The molecule has 0 spiro atoms. The van der Waals surface area contributed by atoms with Gasteiger partial charge in [0.1, 0.15) is 0 Å². The first-order valence-corrected chi connectivity index (χ1v) is 8.69. The van der Waals surface area contributed by atoms with E-state index in [1.54, 1.807) is 0 Å². The van der Waals surface area contributed by atoms with E-state index in [4.69, 9.17) is 5.84 Å². The number of benzene rings is 2. The number of fused-ring (bicyclic) bond motifs is 1. The highest BCUT2D eigenvalue weighted by atomic mass is 79.9. The summed E-state index contributed by atoms with van der Waals surface area (Å²) in [4.78, 5) is 0. The third kappa shape index (κ3) is 4.80. The summed E-state index contributed by atoms with van der Waals surface area (Å²) in [6, 6.07) is 13.2. The molecule has 0 aromatic heterocycles. The van der Waals surface area contributed by atoms with E-state index in [1.165, 1.54) is 48.4 Å². The van der Waals surface area contributed by atoms with Crippen molar-refractivity contribution in [3.63, 3.8) is 0 Å². The lowest BCUT2D eigenvalue weighted by Gasteiger charge is -2.17. The average Bonchev–Trinajstić information content (AvgIpc) is 2.50. The Bertz CT molecular complexity index is 568. The Hall–Kier alpha value is -0.900. The Labute approximate surface area is 136 Å². The predicted octanol–water partition coefficient (Wildman–Crippen LogP) is 5.47. The second-order valence-corrected chi connectivity index (χ2v) is 6.59. The third-order valence-corrected chi connectivity index (χ3v) is 4.52. The molecule has 0 fully saturated rings. The molecular formula is C18H25BrN2. The van der Waals surface area contributed by atoms with E-state index in [0.29, 0.717) is 0 Å². The van der Waals surface area contributed by atoms with Crippen LogP contribution in [-0.4, -0.2) is 0 Å². The van der Waals surface area contributed by atoms with Gasteiger partial charge in [0.15, 0.2) is 0 Å². The maximum Gasteiger partial charge on any atom is 0.0460 e. The average molecular weight is 349 g/mol. The zero-order valence-corrected chi connectivity index (χ0v) is 14.3. The highest BCUT2D eigenvalue weighted by Crippen LogP contribution is 2.26. The van der Waals surface area contributed by atoms with Crippen LogP contribution < -0.4 is 11.3 Å². The van der Waals surface area contributed by atoms with Crippen LogP contribution in [0.3, 0.4) is 0 Å². The molecule has 0 bridgehead atoms. The van der Waals surface area contributed by atoms with Gasteiger partial charge in [-0.25, -0.2) is 0 Å². The van der Waals surface area contributed by atoms with E-state index in [1.807, 2.05) is 0 Å². The van der Waals surface area contributed by atoms with Gasteiger partial charge in [-0.15, -0.1) is 0 Å². The first-order valence-electron chi connectivity index (χ1n) is 7.90. The van der Waals surface area contributed by atoms with Crippen LogP contribution in [-0.2, 0) is 0 Å². The fraction of sp³-hybridized carbons (Fsp3) is 0.444. The molecule has 3 heteroatoms. The van der Waals surface area contributed by atoms with E-state index < -0.39 is 0 Å². The molecule has 1 unspecified atom stereocenters. The van der Waals surface area contributed by atoms with Crippen molar-refractivity contribution in [2.24, 2.45) is 5.84 Å². The maximum atomic E-state index is 5.76. The molecule has 0 saturated carbocycles. The third-order valence-electron chi connectivity index (χ3n) is 4.03. The van der Waals surface area contributed by atoms with Gasteiger partial charge >= 0.3 is 0 Å². The lowest BCUT2D eigenvalue weighted by molar-refractivity contribution is 0.479. The van der Waals surface area contributed by atoms with Crippen molar-refractivity contribution >= 4 is 26.7 Å². The van der Waals surface area contributed by atoms with Crippen molar-refractivity contribution in [1.29, 1.82) is 0 Å². The number of nitrogens with one attached hydrogen (secondary N) is 1. The summed E-state index contributed by atoms with van der Waals surface area (Å²) < 4.78 is 1.12. The Morgan fingerprint density at radius 1 is 1.00 bits per heavy atom. The summed E-state index contributed by atoms with van der Waals surface area (Å²) in [5, 5.41) is 2.52. The SMILES string of the molecule is CCCCCCCC(NN)c1ccc2cc(Br)ccc2c1. The molecule has 21 heavy (non-hydrogen) atoms. The molecule has 0 saturated heterocycles. The molecule has 2 aromatic carbocycles. The zero-order chi connectivity index (χ0) is 15.1. The van der Waals surface area contributed by atoms with E-state index in [0.717, 1.165) is 10.9 Å². The van der Waals surface area contributed by atoms with Crippen LogP contribution in [0.4, 0.5) is 0 Å². The van der Waals surface area contributed by atoms with Gasteiger partial charge in [-0.05, 0) is 41.0 Å². The lowest BCUT2D eigenvalue weighted by atomic mass is 9.97. The highest BCUT2D eigenvalue weighted by Gasteiger charge is 2.10. The van der Waals surface area contributed by atoms with Crippen LogP contribution in [0.2, 0.25) is 0 Å². The molecule has 0 amide bonds. The van der Waals surface area contributed by atoms with Crippen molar-refractivity contribution in [1.82, 2.24) is 5.43 Å². The molecule has 0 heterocycles. The zero-order valence-electron chi connectivity index (χ0n) is 12.7. The first kappa shape index (κ1) is 16.5. The summed E-state index contributed by atoms with van der Waals surface area (Å²) >= 11 is 3.52. The van der Waals surface area contributed by atoms with Crippen molar-refractivity contribution < 1.29 is 0 Å². The minimum Gasteiger partial charge on any atom is -0.271 e. The predicted molar refractivity (Wildman–Crippen MR) is 95.1 cm³/mol. The number of hydrazine groups is 1. The Balaban J connectivity index is 2.02. The van der Waals surface area contributed by atoms with Gasteiger partial charge in [0.2, 0.25) is 0 Å². The highest BCUT2D eigenvalue weighted by molar-refractivity contribution is 9.10. The Kier molecular flexibility index (Phi) is 6.68. The molecule has 0 aliphatic carbocycles. The van der Waals surface area contributed by atoms with E-state index in [2.05, 4.69) is 64.7 Å². The molecule has 0 radical (unpaired) electrons. The topological polar surface area (TPSA) is 38.0 Å². The molecular weight excluding hydrogens is 324 g/mol. The molecule has 2 rings (SSSR count). The summed E-state index contributed by atoms with van der Waals surface area (Å²) in [5.74, 6) is 5.76. The largest absolute Gasteiger partial charge is 0.271 e. The second kappa shape index (κ2) is 8.52. The quantitative estimate of drug-likeness (QED) is 0.377. The van der Waals surface area contributed by atoms with Crippen LogP contribution >= 0.6 is 15.9 Å². The van der Waals surface area contributed by atoms with E-state index in [-0.39, 0.29) is 6.04 Å². The maximum absolute atomic E-state index is 5.76. The summed E-state index contributed by atoms with van der Waals surface area (Å²) in [6.07, 6.45) is 7.59. The van der Waals surface area contributed by atoms with Crippen LogP contribution in [0.5, 0.6) is 0 Å². The molecule has 0 aliphatic heterocycles.